The largest absolute Gasteiger partial charge is 0.462 e. The van der Waals surface area contributed by atoms with Crippen LogP contribution in [0.5, 0.6) is 0 Å². The van der Waals surface area contributed by atoms with Crippen LogP contribution in [0.4, 0.5) is 5.69 Å². The molecule has 2 aromatic carbocycles. The van der Waals surface area contributed by atoms with Crippen LogP contribution in [-0.2, 0) is 9.53 Å². The van der Waals surface area contributed by atoms with Gasteiger partial charge in [0.1, 0.15) is 6.10 Å². The maximum absolute atomic E-state index is 12.6. The van der Waals surface area contributed by atoms with Gasteiger partial charge in [-0.1, -0.05) is 36.4 Å². The molecule has 2 aliphatic rings. The molecular formula is C21H22N2O3. The number of esters is 1. The Hall–Kier alpha value is -2.66. The van der Waals surface area contributed by atoms with Crippen molar-refractivity contribution in [3.63, 3.8) is 0 Å². The van der Waals surface area contributed by atoms with Crippen LogP contribution in [0.3, 0.4) is 0 Å². The molecule has 0 radical (unpaired) electrons. The predicted molar refractivity (Wildman–Crippen MR) is 99.3 cm³/mol. The third kappa shape index (κ3) is 3.35. The summed E-state index contributed by atoms with van der Waals surface area (Å²) < 4.78 is 5.71. The number of hydrogen-bond acceptors (Lipinski definition) is 4. The number of anilines is 1. The van der Waals surface area contributed by atoms with Gasteiger partial charge in [0.2, 0.25) is 0 Å². The van der Waals surface area contributed by atoms with E-state index < -0.39 is 0 Å². The van der Waals surface area contributed by atoms with Gasteiger partial charge in [-0.15, -0.1) is 0 Å². The zero-order valence-corrected chi connectivity index (χ0v) is 14.5. The average Bonchev–Trinajstić information content (AvgIpc) is 2.78. The second kappa shape index (κ2) is 7.30. The third-order valence-corrected chi connectivity index (χ3v) is 5.12. The van der Waals surface area contributed by atoms with Crippen LogP contribution in [-0.4, -0.2) is 31.1 Å². The molecule has 1 amide bonds. The summed E-state index contributed by atoms with van der Waals surface area (Å²) in [6, 6.07) is 15.2. The van der Waals surface area contributed by atoms with Gasteiger partial charge >= 0.3 is 5.97 Å². The minimum Gasteiger partial charge on any atom is -0.462 e. The number of carbonyl (C=O) groups is 2. The molecular weight excluding hydrogens is 328 g/mol. The minimum atomic E-state index is -0.208. The molecule has 4 rings (SSSR count). The first-order chi connectivity index (χ1) is 12.7. The van der Waals surface area contributed by atoms with Crippen molar-refractivity contribution in [3.05, 3.63) is 65.2 Å². The van der Waals surface area contributed by atoms with Gasteiger partial charge in [-0.05, 0) is 49.2 Å². The summed E-state index contributed by atoms with van der Waals surface area (Å²) in [5.74, 6) is -0.543. The molecule has 1 fully saturated rings. The quantitative estimate of drug-likeness (QED) is 0.835. The van der Waals surface area contributed by atoms with Gasteiger partial charge in [-0.2, -0.15) is 0 Å². The van der Waals surface area contributed by atoms with Gasteiger partial charge in [0, 0.05) is 17.2 Å². The number of rotatable bonds is 3. The number of piperidine rings is 1. The molecule has 0 bridgehead atoms. The summed E-state index contributed by atoms with van der Waals surface area (Å²) in [7, 11) is 0. The summed E-state index contributed by atoms with van der Waals surface area (Å²) >= 11 is 0. The van der Waals surface area contributed by atoms with E-state index in [-0.39, 0.29) is 30.3 Å². The lowest BCUT2D eigenvalue weighted by atomic mass is 9.86. The molecule has 5 nitrogen and oxygen atoms in total. The third-order valence-electron chi connectivity index (χ3n) is 5.12. The number of hydrogen-bond donors (Lipinski definition) is 2. The molecule has 0 spiro atoms. The van der Waals surface area contributed by atoms with Crippen molar-refractivity contribution in [2.45, 2.75) is 31.3 Å². The van der Waals surface area contributed by atoms with Crippen LogP contribution in [0.15, 0.2) is 48.5 Å². The molecule has 0 aliphatic carbocycles. The van der Waals surface area contributed by atoms with Crippen LogP contribution in [0, 0.1) is 0 Å². The number of amides is 1. The van der Waals surface area contributed by atoms with Crippen molar-refractivity contribution >= 4 is 17.6 Å². The van der Waals surface area contributed by atoms with E-state index in [2.05, 4.69) is 10.6 Å². The van der Waals surface area contributed by atoms with E-state index >= 15 is 0 Å². The fourth-order valence-corrected chi connectivity index (χ4v) is 3.81. The molecule has 2 aromatic rings. The normalized spacial score (nSPS) is 19.7. The monoisotopic (exact) mass is 350 g/mol. The Bertz CT molecular complexity index is 828. The molecule has 2 aliphatic heterocycles. The Morgan fingerprint density at radius 3 is 2.50 bits per heavy atom. The molecule has 2 N–H and O–H groups in total. The maximum Gasteiger partial charge on any atom is 0.307 e. The zero-order chi connectivity index (χ0) is 17.9. The van der Waals surface area contributed by atoms with Crippen molar-refractivity contribution < 1.29 is 14.3 Å². The van der Waals surface area contributed by atoms with Crippen molar-refractivity contribution in [3.8, 4) is 0 Å². The van der Waals surface area contributed by atoms with Gasteiger partial charge in [0.15, 0.2) is 0 Å². The Balaban J connectivity index is 1.64. The Morgan fingerprint density at radius 1 is 1.00 bits per heavy atom. The first-order valence-electron chi connectivity index (χ1n) is 9.12. The van der Waals surface area contributed by atoms with Gasteiger partial charge in [-0.25, -0.2) is 0 Å². The first kappa shape index (κ1) is 16.8. The number of carbonyl (C=O) groups excluding carboxylic acids is 2. The minimum absolute atomic E-state index is 0.0141. The van der Waals surface area contributed by atoms with E-state index in [1.807, 2.05) is 48.5 Å². The zero-order valence-electron chi connectivity index (χ0n) is 14.5. The number of nitrogens with one attached hydrogen (secondary N) is 2. The molecule has 1 atom stereocenters. The number of fused-ring (bicyclic) bond motifs is 2. The summed E-state index contributed by atoms with van der Waals surface area (Å²) in [5, 5.41) is 6.24. The molecule has 1 saturated heterocycles. The lowest BCUT2D eigenvalue weighted by molar-refractivity contribution is -0.150. The van der Waals surface area contributed by atoms with Gasteiger partial charge in [0.25, 0.3) is 5.91 Å². The Labute approximate surface area is 152 Å². The van der Waals surface area contributed by atoms with E-state index in [1.165, 1.54) is 0 Å². The summed E-state index contributed by atoms with van der Waals surface area (Å²) in [4.78, 5) is 25.2. The van der Waals surface area contributed by atoms with Crippen molar-refractivity contribution in [2.75, 3.05) is 18.4 Å². The van der Waals surface area contributed by atoms with Crippen molar-refractivity contribution in [1.82, 2.24) is 5.32 Å². The van der Waals surface area contributed by atoms with E-state index in [9.17, 15) is 9.59 Å². The smallest absolute Gasteiger partial charge is 0.307 e. The van der Waals surface area contributed by atoms with E-state index in [1.54, 1.807) is 0 Å². The average molecular weight is 350 g/mol. The lowest BCUT2D eigenvalue weighted by Gasteiger charge is -2.24. The summed E-state index contributed by atoms with van der Waals surface area (Å²) in [5.41, 5.74) is 3.20. The number of ether oxygens (including phenoxy) is 1. The highest BCUT2D eigenvalue weighted by atomic mass is 16.5. The van der Waals surface area contributed by atoms with Crippen LogP contribution < -0.4 is 10.6 Å². The second-order valence-electron chi connectivity index (χ2n) is 6.82. The maximum atomic E-state index is 12.6. The molecule has 2 heterocycles. The standard InChI is InChI=1S/C21H22N2O3/c24-20(26-14-9-11-22-12-10-14)13-18-15-5-1-2-7-17(15)21(25)23-19-8-4-3-6-16(18)19/h1-8,14,18,22H,9-13H2,(H,23,25). The van der Waals surface area contributed by atoms with Gasteiger partial charge in [0.05, 0.1) is 6.42 Å². The van der Waals surface area contributed by atoms with Gasteiger partial charge < -0.3 is 15.4 Å². The molecule has 134 valence electrons. The van der Waals surface area contributed by atoms with Crippen LogP contribution >= 0.6 is 0 Å². The fourth-order valence-electron chi connectivity index (χ4n) is 3.81. The summed E-state index contributed by atoms with van der Waals surface area (Å²) in [6.45, 7) is 1.76. The molecule has 0 saturated carbocycles. The SMILES string of the molecule is O=C(CC1c2ccccc2NC(=O)c2ccccc21)OC1CCNCC1. The first-order valence-corrected chi connectivity index (χ1v) is 9.12. The number of para-hydroxylation sites is 1. The van der Waals surface area contributed by atoms with Crippen LogP contribution in [0.2, 0.25) is 0 Å². The van der Waals surface area contributed by atoms with Crippen molar-refractivity contribution in [2.24, 2.45) is 0 Å². The molecule has 5 heteroatoms. The van der Waals surface area contributed by atoms with Crippen LogP contribution in [0.25, 0.3) is 0 Å². The molecule has 1 unspecified atom stereocenters. The fraction of sp³-hybridized carbons (Fsp3) is 0.333. The second-order valence-corrected chi connectivity index (χ2v) is 6.82. The van der Waals surface area contributed by atoms with E-state index in [4.69, 9.17) is 4.74 Å². The highest BCUT2D eigenvalue weighted by molar-refractivity contribution is 6.07. The highest BCUT2D eigenvalue weighted by Crippen LogP contribution is 2.38. The van der Waals surface area contributed by atoms with E-state index in [0.29, 0.717) is 5.56 Å². The molecule has 0 aromatic heterocycles. The predicted octanol–water partition coefficient (Wildman–Crippen LogP) is 3.07. The Kier molecular flexibility index (Phi) is 4.71. The topological polar surface area (TPSA) is 67.4 Å². The van der Waals surface area contributed by atoms with Crippen molar-refractivity contribution in [1.29, 1.82) is 0 Å². The molecule has 26 heavy (non-hydrogen) atoms. The Morgan fingerprint density at radius 2 is 1.69 bits per heavy atom. The van der Waals surface area contributed by atoms with E-state index in [0.717, 1.165) is 42.7 Å². The van der Waals surface area contributed by atoms with Gasteiger partial charge in [-0.3, -0.25) is 9.59 Å². The summed E-state index contributed by atoms with van der Waals surface area (Å²) in [6.07, 6.45) is 1.92. The highest BCUT2D eigenvalue weighted by Gasteiger charge is 2.30. The van der Waals surface area contributed by atoms with Crippen LogP contribution in [0.1, 0.15) is 46.7 Å². The lowest BCUT2D eigenvalue weighted by Crippen LogP contribution is -2.34. The number of benzene rings is 2.